The highest BCUT2D eigenvalue weighted by molar-refractivity contribution is 5.98. The zero-order valence-corrected chi connectivity index (χ0v) is 10.5. The van der Waals surface area contributed by atoms with Gasteiger partial charge >= 0.3 is 0 Å². The Labute approximate surface area is 106 Å². The number of hydrogen-bond donors (Lipinski definition) is 0. The molecule has 3 heteroatoms. The second kappa shape index (κ2) is 5.45. The molecule has 1 aromatic heterocycles. The summed E-state index contributed by atoms with van der Waals surface area (Å²) >= 11 is 0. The molecule has 18 heavy (non-hydrogen) atoms. The summed E-state index contributed by atoms with van der Waals surface area (Å²) in [5, 5.41) is 0. The predicted octanol–water partition coefficient (Wildman–Crippen LogP) is 2.82. The van der Waals surface area contributed by atoms with E-state index in [0.29, 0.717) is 12.0 Å². The highest BCUT2D eigenvalue weighted by Crippen LogP contribution is 2.15. The Morgan fingerprint density at radius 1 is 1.28 bits per heavy atom. The third-order valence-electron chi connectivity index (χ3n) is 2.81. The maximum atomic E-state index is 12.2. The van der Waals surface area contributed by atoms with Crippen LogP contribution in [0, 0.1) is 6.92 Å². The topological polar surface area (TPSA) is 39.2 Å². The molecule has 0 atom stereocenters. The maximum absolute atomic E-state index is 12.2. The van der Waals surface area contributed by atoms with Crippen molar-refractivity contribution in [1.82, 2.24) is 4.98 Å². The Bertz CT molecular complexity index is 564. The predicted molar refractivity (Wildman–Crippen MR) is 70.0 cm³/mol. The number of Topliss-reactive ketones (excluding diaryl/α,β-unsaturated/α-hetero) is 1. The zero-order valence-electron chi connectivity index (χ0n) is 10.5. The molecule has 0 saturated carbocycles. The largest absolute Gasteiger partial charge is 0.497 e. The highest BCUT2D eigenvalue weighted by atomic mass is 16.5. The summed E-state index contributed by atoms with van der Waals surface area (Å²) in [6, 6.07) is 11.1. The third-order valence-corrected chi connectivity index (χ3v) is 2.81. The van der Waals surface area contributed by atoms with Crippen molar-refractivity contribution in [3.05, 3.63) is 59.4 Å². The van der Waals surface area contributed by atoms with E-state index in [2.05, 4.69) is 4.98 Å². The van der Waals surface area contributed by atoms with E-state index in [-0.39, 0.29) is 5.78 Å². The number of rotatable bonds is 4. The van der Waals surface area contributed by atoms with Crippen LogP contribution >= 0.6 is 0 Å². The summed E-state index contributed by atoms with van der Waals surface area (Å²) < 4.78 is 5.14. The molecule has 0 radical (unpaired) electrons. The Hall–Kier alpha value is -2.16. The third kappa shape index (κ3) is 2.74. The van der Waals surface area contributed by atoms with E-state index < -0.39 is 0 Å². The number of pyridine rings is 1. The molecule has 1 heterocycles. The fourth-order valence-corrected chi connectivity index (χ4v) is 1.84. The maximum Gasteiger partial charge on any atom is 0.169 e. The fourth-order valence-electron chi connectivity index (χ4n) is 1.84. The number of ketones is 1. The molecule has 92 valence electrons. The number of ether oxygens (including phenoxy) is 1. The quantitative estimate of drug-likeness (QED) is 0.773. The van der Waals surface area contributed by atoms with Crippen molar-refractivity contribution in [3.8, 4) is 5.75 Å². The van der Waals surface area contributed by atoms with Gasteiger partial charge in [-0.05, 0) is 36.8 Å². The Balaban J connectivity index is 2.19. The molecular formula is C15H15NO2. The highest BCUT2D eigenvalue weighted by Gasteiger charge is 2.10. The van der Waals surface area contributed by atoms with E-state index in [9.17, 15) is 4.79 Å². The van der Waals surface area contributed by atoms with Crippen molar-refractivity contribution >= 4 is 5.78 Å². The van der Waals surface area contributed by atoms with E-state index in [4.69, 9.17) is 4.74 Å². The molecular weight excluding hydrogens is 226 g/mol. The van der Waals surface area contributed by atoms with Crippen LogP contribution in [0.2, 0.25) is 0 Å². The van der Waals surface area contributed by atoms with Crippen LogP contribution in [0.15, 0.2) is 42.6 Å². The number of hydrogen-bond acceptors (Lipinski definition) is 3. The van der Waals surface area contributed by atoms with Gasteiger partial charge in [0.25, 0.3) is 0 Å². The molecule has 0 bridgehead atoms. The lowest BCUT2D eigenvalue weighted by molar-refractivity contribution is 0.0992. The van der Waals surface area contributed by atoms with Gasteiger partial charge in [0.1, 0.15) is 5.75 Å². The molecule has 0 spiro atoms. The number of carbonyl (C=O) groups excluding carboxylic acids is 1. The Morgan fingerprint density at radius 3 is 2.83 bits per heavy atom. The number of methoxy groups -OCH3 is 1. The van der Waals surface area contributed by atoms with Gasteiger partial charge in [0.2, 0.25) is 0 Å². The molecule has 3 nitrogen and oxygen atoms in total. The zero-order chi connectivity index (χ0) is 13.0. The van der Waals surface area contributed by atoms with Gasteiger partial charge < -0.3 is 4.74 Å². The summed E-state index contributed by atoms with van der Waals surface area (Å²) in [4.78, 5) is 16.3. The van der Waals surface area contributed by atoms with Gasteiger partial charge in [-0.15, -0.1) is 0 Å². The molecule has 2 rings (SSSR count). The minimum Gasteiger partial charge on any atom is -0.497 e. The van der Waals surface area contributed by atoms with E-state index in [0.717, 1.165) is 17.0 Å². The van der Waals surface area contributed by atoms with Crippen molar-refractivity contribution in [2.75, 3.05) is 7.11 Å². The molecule has 0 saturated heterocycles. The summed E-state index contributed by atoms with van der Waals surface area (Å²) in [6.07, 6.45) is 2.06. The number of benzene rings is 1. The minimum absolute atomic E-state index is 0.0776. The molecule has 0 unspecified atom stereocenters. The molecule has 0 aliphatic rings. The van der Waals surface area contributed by atoms with Gasteiger partial charge in [0, 0.05) is 23.9 Å². The van der Waals surface area contributed by atoms with Crippen LogP contribution in [0.5, 0.6) is 5.75 Å². The molecule has 2 aromatic rings. The first-order valence-electron chi connectivity index (χ1n) is 5.78. The Morgan fingerprint density at radius 2 is 2.11 bits per heavy atom. The van der Waals surface area contributed by atoms with E-state index in [1.54, 1.807) is 19.4 Å². The van der Waals surface area contributed by atoms with Crippen LogP contribution in [0.25, 0.3) is 0 Å². The van der Waals surface area contributed by atoms with Gasteiger partial charge in [0.05, 0.1) is 7.11 Å². The first-order chi connectivity index (χ1) is 8.70. The first kappa shape index (κ1) is 12.3. The molecule has 0 aliphatic carbocycles. The number of aromatic nitrogens is 1. The monoisotopic (exact) mass is 241 g/mol. The summed E-state index contributed by atoms with van der Waals surface area (Å²) in [5.74, 6) is 0.845. The van der Waals surface area contributed by atoms with Crippen LogP contribution in [-0.2, 0) is 6.42 Å². The van der Waals surface area contributed by atoms with Gasteiger partial charge in [-0.1, -0.05) is 12.1 Å². The standard InChI is InChI=1S/C15H15NO2/c1-11-14(7-4-8-16-11)15(17)10-12-5-3-6-13(9-12)18-2/h3-9H,10H2,1-2H3. The molecule has 0 aliphatic heterocycles. The SMILES string of the molecule is COc1cccc(CC(=O)c2cccnc2C)c1. The van der Waals surface area contributed by atoms with E-state index in [1.165, 1.54) is 0 Å². The van der Waals surface area contributed by atoms with Gasteiger partial charge in [-0.25, -0.2) is 0 Å². The van der Waals surface area contributed by atoms with Gasteiger partial charge in [-0.3, -0.25) is 9.78 Å². The number of aryl methyl sites for hydroxylation is 1. The van der Waals surface area contributed by atoms with Gasteiger partial charge in [0.15, 0.2) is 5.78 Å². The van der Waals surface area contributed by atoms with Crippen LogP contribution in [-0.4, -0.2) is 17.9 Å². The van der Waals surface area contributed by atoms with Crippen molar-refractivity contribution < 1.29 is 9.53 Å². The molecule has 0 fully saturated rings. The van der Waals surface area contributed by atoms with E-state index >= 15 is 0 Å². The Kier molecular flexibility index (Phi) is 3.72. The average molecular weight is 241 g/mol. The first-order valence-corrected chi connectivity index (χ1v) is 5.78. The molecule has 0 N–H and O–H groups in total. The summed E-state index contributed by atoms with van der Waals surface area (Å²) in [5.41, 5.74) is 2.40. The van der Waals surface area contributed by atoms with Gasteiger partial charge in [-0.2, -0.15) is 0 Å². The molecule has 0 amide bonds. The van der Waals surface area contributed by atoms with Crippen molar-refractivity contribution in [2.24, 2.45) is 0 Å². The second-order valence-corrected chi connectivity index (χ2v) is 4.09. The van der Waals surface area contributed by atoms with Crippen molar-refractivity contribution in [3.63, 3.8) is 0 Å². The van der Waals surface area contributed by atoms with Crippen molar-refractivity contribution in [2.45, 2.75) is 13.3 Å². The normalized spacial score (nSPS) is 10.1. The second-order valence-electron chi connectivity index (χ2n) is 4.09. The fraction of sp³-hybridized carbons (Fsp3) is 0.200. The lowest BCUT2D eigenvalue weighted by Gasteiger charge is -2.05. The van der Waals surface area contributed by atoms with Crippen LogP contribution in [0.1, 0.15) is 21.6 Å². The lowest BCUT2D eigenvalue weighted by Crippen LogP contribution is -2.06. The lowest BCUT2D eigenvalue weighted by atomic mass is 10.0. The minimum atomic E-state index is 0.0776. The number of carbonyl (C=O) groups is 1. The van der Waals surface area contributed by atoms with Crippen LogP contribution in [0.3, 0.4) is 0 Å². The van der Waals surface area contributed by atoms with E-state index in [1.807, 2.05) is 37.3 Å². The summed E-state index contributed by atoms with van der Waals surface area (Å²) in [7, 11) is 1.62. The molecule has 1 aromatic carbocycles. The smallest absolute Gasteiger partial charge is 0.169 e. The number of nitrogens with zero attached hydrogens (tertiary/aromatic N) is 1. The van der Waals surface area contributed by atoms with Crippen LogP contribution < -0.4 is 4.74 Å². The summed E-state index contributed by atoms with van der Waals surface area (Å²) in [6.45, 7) is 1.85. The van der Waals surface area contributed by atoms with Crippen molar-refractivity contribution in [1.29, 1.82) is 0 Å². The van der Waals surface area contributed by atoms with Crippen LogP contribution in [0.4, 0.5) is 0 Å². The average Bonchev–Trinajstić information content (AvgIpc) is 2.39.